The summed E-state index contributed by atoms with van der Waals surface area (Å²) in [5, 5.41) is 4.71. The summed E-state index contributed by atoms with van der Waals surface area (Å²) in [4.78, 5) is 14.1. The molecule has 0 spiro atoms. The number of benzene rings is 6. The molecule has 250 valence electrons. The maximum absolute atomic E-state index is 6.54. The Bertz CT molecular complexity index is 2870. The number of nitrogens with zero attached hydrogens (tertiary/aromatic N) is 5. The molecule has 6 nitrogen and oxygen atoms in total. The second-order valence-electron chi connectivity index (χ2n) is 13.1. The van der Waals surface area contributed by atoms with Crippen molar-refractivity contribution in [3.05, 3.63) is 176 Å². The molecule has 0 saturated heterocycles. The van der Waals surface area contributed by atoms with Crippen LogP contribution in [0.5, 0.6) is 11.5 Å². The van der Waals surface area contributed by atoms with Gasteiger partial charge in [0.25, 0.3) is 0 Å². The van der Waals surface area contributed by atoms with Gasteiger partial charge >= 0.3 is 0 Å². The van der Waals surface area contributed by atoms with Crippen LogP contribution in [0.25, 0.3) is 55.2 Å². The molecule has 0 amide bonds. The van der Waals surface area contributed by atoms with Crippen LogP contribution in [-0.2, 0) is 0 Å². The van der Waals surface area contributed by atoms with Crippen LogP contribution < -0.4 is 9.64 Å². The highest BCUT2D eigenvalue weighted by Crippen LogP contribution is 2.53. The lowest BCUT2D eigenvalue weighted by molar-refractivity contribution is 0.455. The van der Waals surface area contributed by atoms with Gasteiger partial charge in [-0.1, -0.05) is 90.6 Å². The summed E-state index contributed by atoms with van der Waals surface area (Å²) in [7, 11) is 0. The van der Waals surface area contributed by atoms with E-state index in [1.807, 2.05) is 48.8 Å². The summed E-state index contributed by atoms with van der Waals surface area (Å²) >= 11 is 1.74. The van der Waals surface area contributed by atoms with Gasteiger partial charge in [-0.05, 0) is 84.9 Å². The maximum atomic E-state index is 6.54. The Morgan fingerprint density at radius 2 is 0.981 bits per heavy atom. The molecule has 0 aliphatic carbocycles. The van der Waals surface area contributed by atoms with Gasteiger partial charge in [-0.15, -0.1) is 0 Å². The van der Waals surface area contributed by atoms with Gasteiger partial charge in [0.15, 0.2) is 0 Å². The SMILES string of the molecule is c1ccc(-n2c3ccccc3c3ccc(N(c4ccc5c6ccccc6n(-c6ccccn6)c5c4)c4cccc5c4Sc4ccccc4O5)cc32)nc1. The number of rotatable bonds is 5. The van der Waals surface area contributed by atoms with Crippen molar-refractivity contribution in [3.63, 3.8) is 0 Å². The number of aromatic nitrogens is 4. The molecule has 0 unspecified atom stereocenters. The van der Waals surface area contributed by atoms with Crippen LogP contribution in [0.1, 0.15) is 0 Å². The molecular formula is C46H29N5OS. The Balaban J connectivity index is 1.20. The minimum absolute atomic E-state index is 0.837. The first kappa shape index (κ1) is 29.9. The molecule has 7 heteroatoms. The Morgan fingerprint density at radius 1 is 0.453 bits per heavy atom. The average molecular weight is 700 g/mol. The van der Waals surface area contributed by atoms with E-state index in [0.717, 1.165) is 72.1 Å². The van der Waals surface area contributed by atoms with Crippen LogP contribution in [-0.4, -0.2) is 19.1 Å². The third kappa shape index (κ3) is 4.68. The minimum atomic E-state index is 0.837. The van der Waals surface area contributed by atoms with E-state index in [2.05, 4.69) is 141 Å². The Hall–Kier alpha value is -6.83. The van der Waals surface area contributed by atoms with E-state index in [1.165, 1.54) is 21.5 Å². The molecule has 53 heavy (non-hydrogen) atoms. The lowest BCUT2D eigenvalue weighted by atomic mass is 10.1. The van der Waals surface area contributed by atoms with E-state index in [9.17, 15) is 0 Å². The summed E-state index contributed by atoms with van der Waals surface area (Å²) in [6.45, 7) is 0. The molecule has 5 heterocycles. The van der Waals surface area contributed by atoms with Crippen molar-refractivity contribution in [1.29, 1.82) is 0 Å². The molecule has 4 aromatic heterocycles. The van der Waals surface area contributed by atoms with E-state index in [0.29, 0.717) is 0 Å². The minimum Gasteiger partial charge on any atom is -0.455 e. The van der Waals surface area contributed by atoms with Gasteiger partial charge in [-0.3, -0.25) is 9.13 Å². The predicted octanol–water partition coefficient (Wildman–Crippen LogP) is 12.4. The van der Waals surface area contributed by atoms with Crippen molar-refractivity contribution < 1.29 is 4.74 Å². The summed E-state index contributed by atoms with van der Waals surface area (Å²) < 4.78 is 11.1. The van der Waals surface area contributed by atoms with Crippen molar-refractivity contribution >= 4 is 72.4 Å². The van der Waals surface area contributed by atoms with Gasteiger partial charge in [0.1, 0.15) is 23.1 Å². The van der Waals surface area contributed by atoms with Crippen molar-refractivity contribution in [3.8, 4) is 23.1 Å². The number of hydrogen-bond acceptors (Lipinski definition) is 5. The Kier molecular flexibility index (Phi) is 6.69. The molecule has 0 N–H and O–H groups in total. The third-order valence-electron chi connectivity index (χ3n) is 10.1. The predicted molar refractivity (Wildman–Crippen MR) is 216 cm³/mol. The van der Waals surface area contributed by atoms with E-state index >= 15 is 0 Å². The molecule has 1 aliphatic heterocycles. The summed E-state index contributed by atoms with van der Waals surface area (Å²) in [5.41, 5.74) is 7.45. The molecule has 0 atom stereocenters. The molecule has 0 bridgehead atoms. The van der Waals surface area contributed by atoms with E-state index in [4.69, 9.17) is 14.7 Å². The fourth-order valence-corrected chi connectivity index (χ4v) is 8.85. The normalized spacial score (nSPS) is 12.2. The number of anilines is 3. The fraction of sp³-hybridized carbons (Fsp3) is 0. The van der Waals surface area contributed by atoms with Crippen molar-refractivity contribution in [1.82, 2.24) is 19.1 Å². The number of para-hydroxylation sites is 3. The zero-order chi connectivity index (χ0) is 34.9. The van der Waals surface area contributed by atoms with E-state index in [-0.39, 0.29) is 0 Å². The topological polar surface area (TPSA) is 48.1 Å². The van der Waals surface area contributed by atoms with Gasteiger partial charge in [0.2, 0.25) is 0 Å². The highest BCUT2D eigenvalue weighted by atomic mass is 32.2. The second kappa shape index (κ2) is 11.9. The Morgan fingerprint density at radius 3 is 1.58 bits per heavy atom. The van der Waals surface area contributed by atoms with Crippen LogP contribution in [0.4, 0.5) is 17.1 Å². The van der Waals surface area contributed by atoms with Crippen LogP contribution >= 0.6 is 11.8 Å². The first-order chi connectivity index (χ1) is 26.3. The molecule has 0 saturated carbocycles. The number of ether oxygens (including phenoxy) is 1. The van der Waals surface area contributed by atoms with Gasteiger partial charge < -0.3 is 9.64 Å². The summed E-state index contributed by atoms with van der Waals surface area (Å²) in [5.74, 6) is 3.46. The largest absolute Gasteiger partial charge is 0.455 e. The van der Waals surface area contributed by atoms with Gasteiger partial charge in [0.05, 0.1) is 37.5 Å². The third-order valence-corrected chi connectivity index (χ3v) is 11.2. The lowest BCUT2D eigenvalue weighted by Gasteiger charge is -2.30. The quantitative estimate of drug-likeness (QED) is 0.179. The number of fused-ring (bicyclic) bond motifs is 8. The van der Waals surface area contributed by atoms with Gasteiger partial charge in [0, 0.05) is 45.3 Å². The van der Waals surface area contributed by atoms with Gasteiger partial charge in [-0.2, -0.15) is 0 Å². The van der Waals surface area contributed by atoms with Crippen molar-refractivity contribution in [2.24, 2.45) is 0 Å². The fourth-order valence-electron chi connectivity index (χ4n) is 7.80. The van der Waals surface area contributed by atoms with Crippen LogP contribution in [0.15, 0.2) is 186 Å². The lowest BCUT2D eigenvalue weighted by Crippen LogP contribution is -2.12. The second-order valence-corrected chi connectivity index (χ2v) is 14.1. The standard InChI is InChI=1S/C46H29N5OS/c1-3-14-36-32(12-1)34-24-22-30(28-39(34)50(36)44-20-7-9-26-47-44)49(38-16-11-18-42-46(38)53-43-19-6-5-17-41(43)52-42)31-23-25-35-33-13-2-4-15-37(33)51(40(35)29-31)45-21-8-10-27-48-45/h1-29H. The highest BCUT2D eigenvalue weighted by molar-refractivity contribution is 7.99. The van der Waals surface area contributed by atoms with Crippen LogP contribution in [0.2, 0.25) is 0 Å². The molecular weight excluding hydrogens is 671 g/mol. The zero-order valence-corrected chi connectivity index (χ0v) is 29.1. The first-order valence-electron chi connectivity index (χ1n) is 17.6. The number of pyridine rings is 2. The monoisotopic (exact) mass is 699 g/mol. The summed E-state index contributed by atoms with van der Waals surface area (Å²) in [6, 6.07) is 57.4. The van der Waals surface area contributed by atoms with E-state index in [1.54, 1.807) is 11.8 Å². The highest BCUT2D eigenvalue weighted by Gasteiger charge is 2.26. The van der Waals surface area contributed by atoms with Crippen LogP contribution in [0.3, 0.4) is 0 Å². The maximum Gasteiger partial charge on any atom is 0.143 e. The average Bonchev–Trinajstić information content (AvgIpc) is 3.73. The summed E-state index contributed by atoms with van der Waals surface area (Å²) in [6.07, 6.45) is 3.71. The molecule has 1 aliphatic rings. The van der Waals surface area contributed by atoms with Crippen LogP contribution in [0, 0.1) is 0 Å². The molecule has 0 radical (unpaired) electrons. The van der Waals surface area contributed by atoms with E-state index < -0.39 is 0 Å². The smallest absolute Gasteiger partial charge is 0.143 e. The number of hydrogen-bond donors (Lipinski definition) is 0. The molecule has 10 aromatic rings. The van der Waals surface area contributed by atoms with Crippen molar-refractivity contribution in [2.75, 3.05) is 4.90 Å². The van der Waals surface area contributed by atoms with Gasteiger partial charge in [-0.25, -0.2) is 9.97 Å². The molecule has 11 rings (SSSR count). The molecule has 6 aromatic carbocycles. The first-order valence-corrected chi connectivity index (χ1v) is 18.4. The zero-order valence-electron chi connectivity index (χ0n) is 28.3. The van der Waals surface area contributed by atoms with Crippen molar-refractivity contribution in [2.45, 2.75) is 9.79 Å². The Labute approximate surface area is 309 Å². The molecule has 0 fully saturated rings.